The summed E-state index contributed by atoms with van der Waals surface area (Å²) in [5, 5.41) is 7.60. The first-order valence-electron chi connectivity index (χ1n) is 5.60. The first-order valence-corrected chi connectivity index (χ1v) is 5.60. The summed E-state index contributed by atoms with van der Waals surface area (Å²) in [6.07, 6.45) is -0.725. The maximum Gasteiger partial charge on any atom is 0.321 e. The fourth-order valence-corrected chi connectivity index (χ4v) is 1.33. The van der Waals surface area contributed by atoms with Gasteiger partial charge in [0.1, 0.15) is 6.10 Å². The predicted octanol–water partition coefficient (Wildman–Crippen LogP) is -1.16. The molecule has 0 spiro atoms. The Balaban J connectivity index is 2.21. The molecule has 0 radical (unpaired) electrons. The summed E-state index contributed by atoms with van der Waals surface area (Å²) in [5.74, 6) is -0.465. The molecule has 98 valence electrons. The molecular weight excluding hydrogens is 226 g/mol. The number of hydrogen-bond donors (Lipinski definition) is 3. The Morgan fingerprint density at radius 3 is 2.94 bits per heavy atom. The van der Waals surface area contributed by atoms with Gasteiger partial charge in [-0.25, -0.2) is 4.79 Å². The van der Waals surface area contributed by atoms with Crippen molar-refractivity contribution in [3.05, 3.63) is 0 Å². The highest BCUT2D eigenvalue weighted by Crippen LogP contribution is 2.00. The van der Waals surface area contributed by atoms with E-state index in [-0.39, 0.29) is 6.10 Å². The molecule has 0 aromatic rings. The van der Waals surface area contributed by atoms with Crippen molar-refractivity contribution < 1.29 is 19.1 Å². The number of imide groups is 1. The minimum atomic E-state index is -0.683. The monoisotopic (exact) mass is 245 g/mol. The van der Waals surface area contributed by atoms with Crippen LogP contribution in [0, 0.1) is 0 Å². The Morgan fingerprint density at radius 2 is 2.35 bits per heavy atom. The quantitative estimate of drug-likeness (QED) is 0.581. The lowest BCUT2D eigenvalue weighted by atomic mass is 10.3. The first kappa shape index (κ1) is 13.9. The van der Waals surface area contributed by atoms with Crippen LogP contribution in [0.5, 0.6) is 0 Å². The first-order chi connectivity index (χ1) is 8.13. The fraction of sp³-hybridized carbons (Fsp3) is 0.800. The van der Waals surface area contributed by atoms with Gasteiger partial charge in [-0.05, 0) is 6.92 Å². The van der Waals surface area contributed by atoms with Gasteiger partial charge < -0.3 is 20.1 Å². The molecule has 2 unspecified atom stereocenters. The van der Waals surface area contributed by atoms with Crippen molar-refractivity contribution in [1.29, 1.82) is 0 Å². The number of urea groups is 1. The van der Waals surface area contributed by atoms with Crippen LogP contribution in [0.3, 0.4) is 0 Å². The van der Waals surface area contributed by atoms with E-state index in [0.29, 0.717) is 19.8 Å². The summed E-state index contributed by atoms with van der Waals surface area (Å²) in [6, 6.07) is -0.541. The summed E-state index contributed by atoms with van der Waals surface area (Å²) in [5.41, 5.74) is 0. The molecule has 1 fully saturated rings. The molecule has 0 aromatic heterocycles. The minimum absolute atomic E-state index is 0.0426. The number of hydrogen-bond acceptors (Lipinski definition) is 5. The van der Waals surface area contributed by atoms with Crippen LogP contribution < -0.4 is 16.0 Å². The molecule has 7 nitrogen and oxygen atoms in total. The molecule has 1 saturated heterocycles. The van der Waals surface area contributed by atoms with Crippen molar-refractivity contribution in [3.63, 3.8) is 0 Å². The summed E-state index contributed by atoms with van der Waals surface area (Å²) < 4.78 is 10.7. The van der Waals surface area contributed by atoms with Crippen molar-refractivity contribution in [2.45, 2.75) is 19.1 Å². The van der Waals surface area contributed by atoms with Crippen LogP contribution in [0.15, 0.2) is 0 Å². The Hall–Kier alpha value is -1.18. The maximum atomic E-state index is 11.4. The lowest BCUT2D eigenvalue weighted by Gasteiger charge is -2.24. The van der Waals surface area contributed by atoms with Crippen LogP contribution in [-0.2, 0) is 14.3 Å². The van der Waals surface area contributed by atoms with Crippen LogP contribution in [0.2, 0.25) is 0 Å². The number of carbonyl (C=O) groups is 2. The van der Waals surface area contributed by atoms with E-state index in [1.165, 1.54) is 7.05 Å². The van der Waals surface area contributed by atoms with E-state index < -0.39 is 18.0 Å². The summed E-state index contributed by atoms with van der Waals surface area (Å²) in [4.78, 5) is 22.3. The van der Waals surface area contributed by atoms with Crippen molar-refractivity contribution in [3.8, 4) is 0 Å². The SMILES string of the molecule is CNC(=O)NC(=O)C(C)OCC1CNCCO1. The van der Waals surface area contributed by atoms with E-state index in [0.717, 1.165) is 6.54 Å². The van der Waals surface area contributed by atoms with E-state index in [1.807, 2.05) is 0 Å². The second-order valence-corrected chi connectivity index (χ2v) is 3.74. The maximum absolute atomic E-state index is 11.4. The highest BCUT2D eigenvalue weighted by molar-refractivity contribution is 5.96. The Bertz CT molecular complexity index is 266. The van der Waals surface area contributed by atoms with Crippen molar-refractivity contribution in [2.24, 2.45) is 0 Å². The molecule has 1 rings (SSSR count). The number of nitrogens with one attached hydrogen (secondary N) is 3. The van der Waals surface area contributed by atoms with Gasteiger partial charge in [-0.1, -0.05) is 0 Å². The lowest BCUT2D eigenvalue weighted by molar-refractivity contribution is -0.133. The molecule has 0 bridgehead atoms. The average Bonchev–Trinajstić information content (AvgIpc) is 2.36. The molecule has 0 saturated carbocycles. The number of carbonyl (C=O) groups excluding carboxylic acids is 2. The van der Waals surface area contributed by atoms with Gasteiger partial charge in [-0.15, -0.1) is 0 Å². The van der Waals surface area contributed by atoms with E-state index in [2.05, 4.69) is 16.0 Å². The van der Waals surface area contributed by atoms with Crippen LogP contribution in [0.25, 0.3) is 0 Å². The van der Waals surface area contributed by atoms with E-state index in [9.17, 15) is 9.59 Å². The lowest BCUT2D eigenvalue weighted by Crippen LogP contribution is -2.45. The standard InChI is InChI=1S/C10H19N3O4/c1-7(9(14)13-10(15)11-2)17-6-8-5-12-3-4-16-8/h7-8,12H,3-6H2,1-2H3,(H2,11,13,14,15). The molecule has 0 aromatic carbocycles. The molecule has 3 amide bonds. The largest absolute Gasteiger partial charge is 0.373 e. The molecule has 1 aliphatic rings. The average molecular weight is 245 g/mol. The zero-order valence-corrected chi connectivity index (χ0v) is 10.1. The van der Waals surface area contributed by atoms with Gasteiger partial charge in [0.05, 0.1) is 19.3 Å². The van der Waals surface area contributed by atoms with Crippen LogP contribution in [0.4, 0.5) is 4.79 Å². The fourth-order valence-electron chi connectivity index (χ4n) is 1.33. The molecule has 3 N–H and O–H groups in total. The number of amides is 3. The summed E-state index contributed by atoms with van der Waals surface area (Å²) in [6.45, 7) is 4.11. The number of morpholine rings is 1. The van der Waals surface area contributed by atoms with Crippen molar-refractivity contribution >= 4 is 11.9 Å². The second kappa shape index (κ2) is 7.21. The van der Waals surface area contributed by atoms with Crippen LogP contribution in [0.1, 0.15) is 6.92 Å². The Labute approximate surface area is 100 Å². The smallest absolute Gasteiger partial charge is 0.321 e. The van der Waals surface area contributed by atoms with Gasteiger partial charge in [0.2, 0.25) is 0 Å². The summed E-state index contributed by atoms with van der Waals surface area (Å²) >= 11 is 0. The van der Waals surface area contributed by atoms with E-state index >= 15 is 0 Å². The second-order valence-electron chi connectivity index (χ2n) is 3.74. The van der Waals surface area contributed by atoms with Crippen molar-refractivity contribution in [2.75, 3.05) is 33.4 Å². The van der Waals surface area contributed by atoms with Crippen LogP contribution in [-0.4, -0.2) is 57.5 Å². The van der Waals surface area contributed by atoms with Crippen molar-refractivity contribution in [1.82, 2.24) is 16.0 Å². The number of ether oxygens (including phenoxy) is 2. The third-order valence-electron chi connectivity index (χ3n) is 2.37. The summed E-state index contributed by atoms with van der Waals surface area (Å²) in [7, 11) is 1.44. The minimum Gasteiger partial charge on any atom is -0.373 e. The highest BCUT2D eigenvalue weighted by Gasteiger charge is 2.19. The molecular formula is C10H19N3O4. The van der Waals surface area contributed by atoms with Gasteiger partial charge in [0.25, 0.3) is 5.91 Å². The van der Waals surface area contributed by atoms with E-state index in [1.54, 1.807) is 6.92 Å². The molecule has 17 heavy (non-hydrogen) atoms. The highest BCUT2D eigenvalue weighted by atomic mass is 16.5. The van der Waals surface area contributed by atoms with E-state index in [4.69, 9.17) is 9.47 Å². The van der Waals surface area contributed by atoms with Gasteiger partial charge in [0, 0.05) is 20.1 Å². The predicted molar refractivity (Wildman–Crippen MR) is 60.6 cm³/mol. The Kier molecular flexibility index (Phi) is 5.88. The molecule has 1 heterocycles. The normalized spacial score (nSPS) is 21.6. The van der Waals surface area contributed by atoms with Crippen LogP contribution >= 0.6 is 0 Å². The third kappa shape index (κ3) is 5.12. The van der Waals surface area contributed by atoms with Gasteiger partial charge in [0.15, 0.2) is 0 Å². The van der Waals surface area contributed by atoms with Gasteiger partial charge >= 0.3 is 6.03 Å². The molecule has 1 aliphatic heterocycles. The van der Waals surface area contributed by atoms with Gasteiger partial charge in [-0.2, -0.15) is 0 Å². The molecule has 0 aliphatic carbocycles. The molecule has 7 heteroatoms. The molecule has 2 atom stereocenters. The Morgan fingerprint density at radius 1 is 1.59 bits per heavy atom. The zero-order chi connectivity index (χ0) is 12.7. The topological polar surface area (TPSA) is 88.7 Å². The zero-order valence-electron chi connectivity index (χ0n) is 10.1. The number of rotatable bonds is 4. The third-order valence-corrected chi connectivity index (χ3v) is 2.37. The van der Waals surface area contributed by atoms with Gasteiger partial charge in [-0.3, -0.25) is 10.1 Å².